The summed E-state index contributed by atoms with van der Waals surface area (Å²) in [5.41, 5.74) is 0.766. The van der Waals surface area contributed by atoms with E-state index in [2.05, 4.69) is 11.4 Å². The minimum absolute atomic E-state index is 0.242. The molecule has 1 aromatic carbocycles. The fourth-order valence-electron chi connectivity index (χ4n) is 2.93. The second-order valence-electron chi connectivity index (χ2n) is 7.13. The van der Waals surface area contributed by atoms with E-state index in [1.54, 1.807) is 0 Å². The van der Waals surface area contributed by atoms with Gasteiger partial charge >= 0.3 is 5.97 Å². The van der Waals surface area contributed by atoms with Gasteiger partial charge in [0, 0.05) is 20.6 Å². The van der Waals surface area contributed by atoms with Crippen molar-refractivity contribution in [2.75, 3.05) is 20.6 Å². The first-order valence-electron chi connectivity index (χ1n) is 9.51. The standard InChI is InChI=1S/C20H27FN2O5S/c1-14(19(24)22-12-11-15-7-5-4-6-8-15)28-20(25)17-13-16(9-10-18(17)21)29(26,27)23(2)3/h7,9-10,13-14H,4-6,8,11-12H2,1-3H3,(H,22,24)/t14-/m1/s1. The SMILES string of the molecule is C[C@@H](OC(=O)c1cc(S(=O)(=O)N(C)C)ccc1F)C(=O)NCCC1=CCCCC1. The van der Waals surface area contributed by atoms with E-state index in [1.165, 1.54) is 33.0 Å². The lowest BCUT2D eigenvalue weighted by atomic mass is 9.97. The number of benzene rings is 1. The molecule has 1 atom stereocenters. The average molecular weight is 427 g/mol. The Balaban J connectivity index is 1.98. The van der Waals surface area contributed by atoms with Crippen LogP contribution in [0.1, 0.15) is 49.4 Å². The molecule has 0 saturated heterocycles. The quantitative estimate of drug-likeness (QED) is 0.510. The monoisotopic (exact) mass is 426 g/mol. The molecule has 0 spiro atoms. The lowest BCUT2D eigenvalue weighted by molar-refractivity contribution is -0.129. The van der Waals surface area contributed by atoms with Crippen LogP contribution in [0.25, 0.3) is 0 Å². The molecular formula is C20H27FN2O5S. The number of amides is 1. The van der Waals surface area contributed by atoms with Crippen LogP contribution in [-0.4, -0.2) is 51.3 Å². The highest BCUT2D eigenvalue weighted by molar-refractivity contribution is 7.89. The molecule has 1 aromatic rings. The van der Waals surface area contributed by atoms with Crippen molar-refractivity contribution in [2.45, 2.75) is 50.0 Å². The Hall–Kier alpha value is -2.26. The fourth-order valence-corrected chi connectivity index (χ4v) is 3.86. The summed E-state index contributed by atoms with van der Waals surface area (Å²) in [5, 5.41) is 2.70. The van der Waals surface area contributed by atoms with Crippen molar-refractivity contribution in [3.8, 4) is 0 Å². The smallest absolute Gasteiger partial charge is 0.341 e. The maximum atomic E-state index is 14.1. The zero-order chi connectivity index (χ0) is 21.6. The summed E-state index contributed by atoms with van der Waals surface area (Å²) in [4.78, 5) is 24.2. The van der Waals surface area contributed by atoms with Crippen LogP contribution in [0.3, 0.4) is 0 Å². The van der Waals surface area contributed by atoms with Crippen LogP contribution < -0.4 is 5.32 Å². The predicted molar refractivity (Wildman–Crippen MR) is 106 cm³/mol. The van der Waals surface area contributed by atoms with E-state index in [9.17, 15) is 22.4 Å². The number of esters is 1. The van der Waals surface area contributed by atoms with Crippen LogP contribution in [0.5, 0.6) is 0 Å². The molecule has 2 rings (SSSR count). The van der Waals surface area contributed by atoms with Gasteiger partial charge in [-0.25, -0.2) is 21.9 Å². The number of nitrogens with one attached hydrogen (secondary N) is 1. The molecule has 1 aliphatic rings. The molecule has 1 amide bonds. The van der Waals surface area contributed by atoms with Gasteiger partial charge in [-0.3, -0.25) is 4.79 Å². The normalized spacial score (nSPS) is 15.6. The van der Waals surface area contributed by atoms with Crippen molar-refractivity contribution in [1.29, 1.82) is 0 Å². The van der Waals surface area contributed by atoms with Gasteiger partial charge < -0.3 is 10.1 Å². The average Bonchev–Trinajstić information content (AvgIpc) is 2.68. The Bertz CT molecular complexity index is 896. The number of halogens is 1. The number of rotatable bonds is 8. The molecule has 0 heterocycles. The number of hydrogen-bond acceptors (Lipinski definition) is 5. The van der Waals surface area contributed by atoms with Crippen LogP contribution in [0, 0.1) is 5.82 Å². The zero-order valence-corrected chi connectivity index (χ0v) is 17.7. The number of nitrogens with zero attached hydrogens (tertiary/aromatic N) is 1. The summed E-state index contributed by atoms with van der Waals surface area (Å²) >= 11 is 0. The predicted octanol–water partition coefficient (Wildman–Crippen LogP) is 2.63. The highest BCUT2D eigenvalue weighted by atomic mass is 32.2. The van der Waals surface area contributed by atoms with Gasteiger partial charge in [-0.2, -0.15) is 0 Å². The van der Waals surface area contributed by atoms with E-state index in [0.29, 0.717) is 6.54 Å². The number of allylic oxidation sites excluding steroid dienone is 1. The maximum absolute atomic E-state index is 14.1. The molecule has 0 aromatic heterocycles. The summed E-state index contributed by atoms with van der Waals surface area (Å²) in [6.07, 6.45) is 6.23. The summed E-state index contributed by atoms with van der Waals surface area (Å²) < 4.78 is 44.4. The summed E-state index contributed by atoms with van der Waals surface area (Å²) in [5.74, 6) is -2.52. The number of carbonyl (C=O) groups excluding carboxylic acids is 2. The van der Waals surface area contributed by atoms with Crippen molar-refractivity contribution in [3.05, 3.63) is 41.2 Å². The molecule has 160 valence electrons. The van der Waals surface area contributed by atoms with Crippen LogP contribution in [0.15, 0.2) is 34.7 Å². The maximum Gasteiger partial charge on any atom is 0.341 e. The van der Waals surface area contributed by atoms with E-state index in [4.69, 9.17) is 4.74 Å². The van der Waals surface area contributed by atoms with Crippen molar-refractivity contribution < 1.29 is 27.1 Å². The van der Waals surface area contributed by atoms with Crippen LogP contribution >= 0.6 is 0 Å². The van der Waals surface area contributed by atoms with E-state index in [1.807, 2.05) is 0 Å². The van der Waals surface area contributed by atoms with Gasteiger partial charge in [-0.05, 0) is 57.2 Å². The molecule has 9 heteroatoms. The van der Waals surface area contributed by atoms with Crippen molar-refractivity contribution in [1.82, 2.24) is 9.62 Å². The summed E-state index contributed by atoms with van der Waals surface area (Å²) in [6, 6.07) is 2.86. The first-order chi connectivity index (χ1) is 13.6. The van der Waals surface area contributed by atoms with Gasteiger partial charge in [0.2, 0.25) is 10.0 Å². The van der Waals surface area contributed by atoms with Crippen LogP contribution in [0.2, 0.25) is 0 Å². The molecule has 1 N–H and O–H groups in total. The van der Waals surface area contributed by atoms with Crippen LogP contribution in [-0.2, 0) is 19.6 Å². The van der Waals surface area contributed by atoms with E-state index in [-0.39, 0.29) is 4.90 Å². The second kappa shape index (κ2) is 9.98. The highest BCUT2D eigenvalue weighted by Gasteiger charge is 2.24. The van der Waals surface area contributed by atoms with E-state index < -0.39 is 39.4 Å². The second-order valence-corrected chi connectivity index (χ2v) is 9.28. The molecule has 0 radical (unpaired) electrons. The van der Waals surface area contributed by atoms with Crippen molar-refractivity contribution in [3.63, 3.8) is 0 Å². The molecule has 1 aliphatic carbocycles. The number of carbonyl (C=O) groups is 2. The van der Waals surface area contributed by atoms with Gasteiger partial charge in [0.1, 0.15) is 5.82 Å². The van der Waals surface area contributed by atoms with E-state index in [0.717, 1.165) is 48.2 Å². The Morgan fingerprint density at radius 3 is 2.62 bits per heavy atom. The van der Waals surface area contributed by atoms with Gasteiger partial charge in [-0.15, -0.1) is 0 Å². The van der Waals surface area contributed by atoms with Crippen molar-refractivity contribution in [2.24, 2.45) is 0 Å². The highest BCUT2D eigenvalue weighted by Crippen LogP contribution is 2.20. The van der Waals surface area contributed by atoms with Gasteiger partial charge in [-0.1, -0.05) is 11.6 Å². The van der Waals surface area contributed by atoms with Crippen molar-refractivity contribution >= 4 is 21.9 Å². The third-order valence-electron chi connectivity index (χ3n) is 4.72. The molecule has 0 unspecified atom stereocenters. The van der Waals surface area contributed by atoms with Gasteiger partial charge in [0.25, 0.3) is 5.91 Å². The van der Waals surface area contributed by atoms with Crippen LogP contribution in [0.4, 0.5) is 4.39 Å². The zero-order valence-electron chi connectivity index (χ0n) is 16.9. The number of sulfonamides is 1. The number of ether oxygens (including phenoxy) is 1. The molecule has 7 nitrogen and oxygen atoms in total. The molecule has 0 aliphatic heterocycles. The minimum Gasteiger partial charge on any atom is -0.449 e. The first-order valence-corrected chi connectivity index (χ1v) is 11.0. The third kappa shape index (κ3) is 6.11. The summed E-state index contributed by atoms with van der Waals surface area (Å²) in [7, 11) is -1.19. The first kappa shape index (κ1) is 23.0. The lowest BCUT2D eigenvalue weighted by Crippen LogP contribution is -2.36. The largest absolute Gasteiger partial charge is 0.449 e. The molecular weight excluding hydrogens is 399 g/mol. The summed E-state index contributed by atoms with van der Waals surface area (Å²) in [6.45, 7) is 1.81. The molecule has 0 saturated carbocycles. The Morgan fingerprint density at radius 1 is 1.28 bits per heavy atom. The molecule has 0 bridgehead atoms. The van der Waals surface area contributed by atoms with Gasteiger partial charge in [0.15, 0.2) is 6.10 Å². The Morgan fingerprint density at radius 2 is 2.00 bits per heavy atom. The lowest BCUT2D eigenvalue weighted by Gasteiger charge is -2.16. The number of hydrogen-bond donors (Lipinski definition) is 1. The Labute approximate surface area is 171 Å². The minimum atomic E-state index is -3.84. The van der Waals surface area contributed by atoms with E-state index >= 15 is 0 Å². The topological polar surface area (TPSA) is 92.8 Å². The Kier molecular flexibility index (Phi) is 7.92. The molecule has 29 heavy (non-hydrogen) atoms. The van der Waals surface area contributed by atoms with Gasteiger partial charge in [0.05, 0.1) is 10.5 Å². The third-order valence-corrected chi connectivity index (χ3v) is 6.53. The fraction of sp³-hybridized carbons (Fsp3) is 0.500. The molecule has 0 fully saturated rings.